The van der Waals surface area contributed by atoms with Gasteiger partial charge in [0.1, 0.15) is 11.4 Å². The maximum Gasteiger partial charge on any atom is 0.169 e. The second kappa shape index (κ2) is 8.99. The number of aromatic hydroxyl groups is 1. The molecule has 3 heterocycles. The molecule has 1 aliphatic carbocycles. The van der Waals surface area contributed by atoms with Crippen LogP contribution in [0.15, 0.2) is 48.7 Å². The summed E-state index contributed by atoms with van der Waals surface area (Å²) in [5.74, 6) is 7.67. The number of phenols is 1. The van der Waals surface area contributed by atoms with E-state index in [-0.39, 0.29) is 5.75 Å². The van der Waals surface area contributed by atoms with E-state index >= 15 is 0 Å². The van der Waals surface area contributed by atoms with Gasteiger partial charge in [-0.05, 0) is 62.4 Å². The highest BCUT2D eigenvalue weighted by Crippen LogP contribution is 2.32. The van der Waals surface area contributed by atoms with Crippen molar-refractivity contribution in [1.29, 1.82) is 0 Å². The zero-order valence-corrected chi connectivity index (χ0v) is 18.8. The first-order chi connectivity index (χ1) is 16.1. The Morgan fingerprint density at radius 3 is 2.70 bits per heavy atom. The van der Waals surface area contributed by atoms with Crippen molar-refractivity contribution in [2.45, 2.75) is 32.2 Å². The van der Waals surface area contributed by atoms with Gasteiger partial charge in [-0.25, -0.2) is 4.98 Å². The van der Waals surface area contributed by atoms with Crippen LogP contribution in [0.4, 0.5) is 17.2 Å². The highest BCUT2D eigenvalue weighted by molar-refractivity contribution is 5.74. The second-order valence-corrected chi connectivity index (χ2v) is 8.78. The van der Waals surface area contributed by atoms with Crippen LogP contribution in [-0.4, -0.2) is 46.0 Å². The minimum atomic E-state index is 0.177. The Hall–Kier alpha value is -3.79. The first kappa shape index (κ1) is 21.1. The van der Waals surface area contributed by atoms with Crippen LogP contribution in [0.25, 0.3) is 11.3 Å². The first-order valence-electron chi connectivity index (χ1n) is 11.5. The van der Waals surface area contributed by atoms with E-state index in [9.17, 15) is 5.11 Å². The summed E-state index contributed by atoms with van der Waals surface area (Å²) >= 11 is 0. The normalized spacial score (nSPS) is 18.4. The lowest BCUT2D eigenvalue weighted by Crippen LogP contribution is -2.35. The number of anilines is 3. The number of pyridine rings is 1. The van der Waals surface area contributed by atoms with Crippen LogP contribution in [-0.2, 0) is 0 Å². The summed E-state index contributed by atoms with van der Waals surface area (Å²) in [5, 5.41) is 18.6. The van der Waals surface area contributed by atoms with E-state index in [1.54, 1.807) is 12.1 Å². The second-order valence-electron chi connectivity index (χ2n) is 8.78. The molecule has 1 atom stereocenters. The van der Waals surface area contributed by atoms with Crippen molar-refractivity contribution in [3.05, 3.63) is 54.4 Å². The van der Waals surface area contributed by atoms with Gasteiger partial charge >= 0.3 is 0 Å². The Bertz CT molecular complexity index is 1210. The summed E-state index contributed by atoms with van der Waals surface area (Å²) in [4.78, 5) is 9.12. The molecule has 0 radical (unpaired) electrons. The highest BCUT2D eigenvalue weighted by atomic mass is 16.3. The third kappa shape index (κ3) is 4.70. The molecule has 0 amide bonds. The molecule has 5 rings (SSSR count). The number of rotatable bonds is 3. The molecule has 2 fully saturated rings. The van der Waals surface area contributed by atoms with E-state index in [2.05, 4.69) is 55.9 Å². The molecule has 2 aromatic heterocycles. The zero-order valence-electron chi connectivity index (χ0n) is 18.8. The van der Waals surface area contributed by atoms with Crippen molar-refractivity contribution in [3.8, 4) is 28.8 Å². The number of nitrogen functional groups attached to an aromatic ring is 1. The zero-order chi connectivity index (χ0) is 22.8. The van der Waals surface area contributed by atoms with Gasteiger partial charge in [-0.3, -0.25) is 0 Å². The minimum Gasteiger partial charge on any atom is -0.507 e. The Morgan fingerprint density at radius 1 is 1.03 bits per heavy atom. The van der Waals surface area contributed by atoms with E-state index in [1.165, 1.54) is 12.8 Å². The molecular weight excluding hydrogens is 412 g/mol. The van der Waals surface area contributed by atoms with Crippen molar-refractivity contribution in [3.63, 3.8) is 0 Å². The Labute approximate surface area is 194 Å². The maximum atomic E-state index is 10.2. The Kier molecular flexibility index (Phi) is 5.74. The molecule has 168 valence electrons. The van der Waals surface area contributed by atoms with Crippen LogP contribution in [0.5, 0.6) is 5.75 Å². The number of benzene rings is 1. The molecule has 7 nitrogen and oxygen atoms in total. The third-order valence-corrected chi connectivity index (χ3v) is 6.34. The van der Waals surface area contributed by atoms with Crippen LogP contribution in [0.2, 0.25) is 0 Å². The minimum absolute atomic E-state index is 0.177. The first-order valence-corrected chi connectivity index (χ1v) is 11.5. The average Bonchev–Trinajstić information content (AvgIpc) is 3.67. The van der Waals surface area contributed by atoms with Gasteiger partial charge in [-0.15, -0.1) is 10.2 Å². The van der Waals surface area contributed by atoms with E-state index in [1.807, 2.05) is 24.4 Å². The van der Waals surface area contributed by atoms with Crippen molar-refractivity contribution >= 4 is 17.2 Å². The monoisotopic (exact) mass is 440 g/mol. The summed E-state index contributed by atoms with van der Waals surface area (Å²) in [6.07, 6.45) is 5.25. The lowest BCUT2D eigenvalue weighted by Gasteiger charge is -2.29. The quantitative estimate of drug-likeness (QED) is 0.600. The van der Waals surface area contributed by atoms with E-state index in [4.69, 9.17) is 5.73 Å². The summed E-state index contributed by atoms with van der Waals surface area (Å²) in [6.45, 7) is 4.74. The van der Waals surface area contributed by atoms with Gasteiger partial charge in [0.2, 0.25) is 0 Å². The molecule has 1 saturated heterocycles. The number of hydrogen-bond donors (Lipinski definition) is 2. The van der Waals surface area contributed by atoms with Crippen LogP contribution in [0.3, 0.4) is 0 Å². The SMILES string of the molecule is C[C@@H]1CCN(c2cc(-c3ccccc3O)nnc2N)CCN1c1ccnc(C#CC2CC2)c1. The fraction of sp³-hybridized carbons (Fsp3) is 0.346. The lowest BCUT2D eigenvalue weighted by atomic mass is 10.1. The molecule has 1 aromatic carbocycles. The Balaban J connectivity index is 1.37. The van der Waals surface area contributed by atoms with Crippen LogP contribution in [0, 0.1) is 17.8 Å². The van der Waals surface area contributed by atoms with Gasteiger partial charge in [-0.1, -0.05) is 18.1 Å². The maximum absolute atomic E-state index is 10.2. The van der Waals surface area contributed by atoms with E-state index < -0.39 is 0 Å². The predicted octanol–water partition coefficient (Wildman–Crippen LogP) is 3.69. The number of nitrogens with zero attached hydrogens (tertiary/aromatic N) is 5. The van der Waals surface area contributed by atoms with Gasteiger partial charge in [0, 0.05) is 49.0 Å². The van der Waals surface area contributed by atoms with E-state index in [0.29, 0.717) is 29.0 Å². The number of aromatic nitrogens is 3. The largest absolute Gasteiger partial charge is 0.507 e. The molecule has 0 bridgehead atoms. The van der Waals surface area contributed by atoms with Crippen molar-refractivity contribution < 1.29 is 5.11 Å². The standard InChI is InChI=1S/C26H28N6O/c1-18-11-13-31(24-17-23(29-30-26(24)27)22-4-2-3-5-25(22)33)14-15-32(18)21-10-12-28-20(16-21)9-8-19-6-7-19/h2-5,10,12,16-19,33H,6-7,11,13-15H2,1H3,(H2,27,30)/t18-/m1/s1. The smallest absolute Gasteiger partial charge is 0.169 e. The van der Waals surface area contributed by atoms with Gasteiger partial charge < -0.3 is 20.6 Å². The van der Waals surface area contributed by atoms with Crippen molar-refractivity contribution in [1.82, 2.24) is 15.2 Å². The summed E-state index contributed by atoms with van der Waals surface area (Å²) in [5.41, 5.74) is 10.3. The Morgan fingerprint density at radius 2 is 1.88 bits per heavy atom. The fourth-order valence-corrected chi connectivity index (χ4v) is 4.22. The van der Waals surface area contributed by atoms with Crippen LogP contribution >= 0.6 is 0 Å². The summed E-state index contributed by atoms with van der Waals surface area (Å²) in [6, 6.07) is 13.6. The van der Waals surface area contributed by atoms with Gasteiger partial charge in [0.25, 0.3) is 0 Å². The number of nitrogens with two attached hydrogens (primary N) is 1. The summed E-state index contributed by atoms with van der Waals surface area (Å²) < 4.78 is 0. The fourth-order valence-electron chi connectivity index (χ4n) is 4.22. The number of phenolic OH excluding ortho intramolecular Hbond substituents is 1. The topological polar surface area (TPSA) is 91.4 Å². The lowest BCUT2D eigenvalue weighted by molar-refractivity contribution is 0.477. The van der Waals surface area contributed by atoms with Gasteiger partial charge in [0.05, 0.1) is 11.4 Å². The van der Waals surface area contributed by atoms with Crippen molar-refractivity contribution in [2.75, 3.05) is 35.2 Å². The van der Waals surface area contributed by atoms with Crippen molar-refractivity contribution in [2.24, 2.45) is 5.92 Å². The molecule has 0 unspecified atom stereocenters. The molecule has 3 N–H and O–H groups in total. The molecule has 0 spiro atoms. The molecule has 2 aliphatic rings. The molecule has 3 aromatic rings. The van der Waals surface area contributed by atoms with E-state index in [0.717, 1.165) is 43.1 Å². The molecule has 1 aliphatic heterocycles. The average molecular weight is 441 g/mol. The third-order valence-electron chi connectivity index (χ3n) is 6.34. The van der Waals surface area contributed by atoms with Crippen LogP contribution in [0.1, 0.15) is 31.9 Å². The molecule has 1 saturated carbocycles. The van der Waals surface area contributed by atoms with Gasteiger partial charge in [0.15, 0.2) is 5.82 Å². The summed E-state index contributed by atoms with van der Waals surface area (Å²) in [7, 11) is 0. The highest BCUT2D eigenvalue weighted by Gasteiger charge is 2.24. The predicted molar refractivity (Wildman–Crippen MR) is 131 cm³/mol. The number of hydrogen-bond acceptors (Lipinski definition) is 7. The van der Waals surface area contributed by atoms with Gasteiger partial charge in [-0.2, -0.15) is 0 Å². The molecular formula is C26H28N6O. The molecule has 33 heavy (non-hydrogen) atoms. The van der Waals surface area contributed by atoms with Crippen LogP contribution < -0.4 is 15.5 Å². The molecule has 7 heteroatoms. The number of para-hydroxylation sites is 1.